The Morgan fingerprint density at radius 3 is 2.38 bits per heavy atom. The summed E-state index contributed by atoms with van der Waals surface area (Å²) in [4.78, 5) is 12.9. The number of methoxy groups -OCH3 is 2. The SMILES string of the molecule is COc1cccc(OC)c1-n1c(NS(=O)(=O)C2CCCOC2c2ncc(C)cn2)nnc1-c1cncc(C)c1. The molecule has 4 heterocycles. The van der Waals surface area contributed by atoms with E-state index in [-0.39, 0.29) is 5.95 Å². The number of hydrogen-bond donors (Lipinski definition) is 1. The van der Waals surface area contributed by atoms with Crippen molar-refractivity contribution in [3.05, 3.63) is 66.0 Å². The largest absolute Gasteiger partial charge is 0.494 e. The van der Waals surface area contributed by atoms with Crippen LogP contribution in [0.1, 0.15) is 35.9 Å². The third-order valence-electron chi connectivity index (χ3n) is 6.38. The van der Waals surface area contributed by atoms with Gasteiger partial charge in [0.2, 0.25) is 16.0 Å². The van der Waals surface area contributed by atoms with Crippen molar-refractivity contribution in [2.75, 3.05) is 25.5 Å². The fraction of sp³-hybridized carbons (Fsp3) is 0.346. The number of aryl methyl sites for hydroxylation is 2. The van der Waals surface area contributed by atoms with Crippen molar-refractivity contribution in [3.63, 3.8) is 0 Å². The number of nitrogens with one attached hydrogen (secondary N) is 1. The number of pyridine rings is 1. The van der Waals surface area contributed by atoms with Crippen molar-refractivity contribution in [1.82, 2.24) is 29.7 Å². The van der Waals surface area contributed by atoms with E-state index in [9.17, 15) is 8.42 Å². The van der Waals surface area contributed by atoms with E-state index in [2.05, 4.69) is 29.9 Å². The third-order valence-corrected chi connectivity index (χ3v) is 8.12. The Morgan fingerprint density at radius 2 is 1.72 bits per heavy atom. The Kier molecular flexibility index (Phi) is 7.44. The standard InChI is InChI=1S/C26H29N7O5S/c1-16-11-18(15-27-12-16)25-30-31-26(33(25)22-19(36-3)7-5-8-20(22)37-4)32-39(34,35)21-9-6-10-38-23(21)24-28-13-17(2)14-29-24/h5,7-8,11-15,21,23H,6,9-10H2,1-4H3,(H,31,32). The van der Waals surface area contributed by atoms with Crippen molar-refractivity contribution in [1.29, 1.82) is 0 Å². The van der Waals surface area contributed by atoms with Crippen molar-refractivity contribution in [3.8, 4) is 28.6 Å². The summed E-state index contributed by atoms with van der Waals surface area (Å²) in [5.74, 6) is 1.50. The van der Waals surface area contributed by atoms with Crippen LogP contribution in [0.4, 0.5) is 5.95 Å². The molecule has 0 radical (unpaired) electrons. The van der Waals surface area contributed by atoms with Gasteiger partial charge in [-0.3, -0.25) is 14.3 Å². The van der Waals surface area contributed by atoms with Crippen LogP contribution in [-0.4, -0.2) is 64.2 Å². The summed E-state index contributed by atoms with van der Waals surface area (Å²) in [7, 11) is -1.03. The second kappa shape index (κ2) is 10.9. The Balaban J connectivity index is 1.62. The van der Waals surface area contributed by atoms with E-state index in [4.69, 9.17) is 14.2 Å². The van der Waals surface area contributed by atoms with Gasteiger partial charge in [-0.15, -0.1) is 10.2 Å². The first-order valence-electron chi connectivity index (χ1n) is 12.3. The molecule has 3 aromatic heterocycles. The third kappa shape index (κ3) is 5.27. The fourth-order valence-electron chi connectivity index (χ4n) is 4.54. The van der Waals surface area contributed by atoms with E-state index in [0.717, 1.165) is 11.1 Å². The predicted molar refractivity (Wildman–Crippen MR) is 143 cm³/mol. The molecule has 0 saturated carbocycles. The van der Waals surface area contributed by atoms with Crippen LogP contribution in [0.25, 0.3) is 17.1 Å². The maximum absolute atomic E-state index is 13.9. The van der Waals surface area contributed by atoms with Gasteiger partial charge in [0.1, 0.15) is 28.5 Å². The van der Waals surface area contributed by atoms with Gasteiger partial charge in [0.25, 0.3) is 0 Å². The van der Waals surface area contributed by atoms with Gasteiger partial charge in [-0.1, -0.05) is 6.07 Å². The monoisotopic (exact) mass is 551 g/mol. The van der Waals surface area contributed by atoms with Crippen LogP contribution < -0.4 is 14.2 Å². The molecule has 1 N–H and O–H groups in total. The minimum atomic E-state index is -4.07. The second-order valence-electron chi connectivity index (χ2n) is 9.18. The number of hydrogen-bond acceptors (Lipinski definition) is 10. The van der Waals surface area contributed by atoms with E-state index >= 15 is 0 Å². The molecule has 0 bridgehead atoms. The minimum Gasteiger partial charge on any atom is -0.494 e. The molecular formula is C26H29N7O5S. The minimum absolute atomic E-state index is 0.0385. The lowest BCUT2D eigenvalue weighted by atomic mass is 10.1. The van der Waals surface area contributed by atoms with Gasteiger partial charge in [-0.05, 0) is 56.0 Å². The lowest BCUT2D eigenvalue weighted by molar-refractivity contribution is 0.0126. The lowest BCUT2D eigenvalue weighted by Crippen LogP contribution is -2.39. The molecular weight excluding hydrogens is 522 g/mol. The van der Waals surface area contributed by atoms with Gasteiger partial charge in [-0.25, -0.2) is 18.4 Å². The molecule has 1 aliphatic heterocycles. The van der Waals surface area contributed by atoms with Crippen LogP contribution in [0, 0.1) is 13.8 Å². The number of rotatable bonds is 8. The number of anilines is 1. The molecule has 2 atom stereocenters. The van der Waals surface area contributed by atoms with Gasteiger partial charge >= 0.3 is 0 Å². The zero-order valence-corrected chi connectivity index (χ0v) is 22.8. The van der Waals surface area contributed by atoms with Crippen LogP contribution in [0.5, 0.6) is 11.5 Å². The number of aromatic nitrogens is 6. The Hall–Kier alpha value is -4.10. The first kappa shape index (κ1) is 26.5. The summed E-state index contributed by atoms with van der Waals surface area (Å²) in [6, 6.07) is 7.14. The van der Waals surface area contributed by atoms with Crippen LogP contribution in [0.3, 0.4) is 0 Å². The summed E-state index contributed by atoms with van der Waals surface area (Å²) in [6.45, 7) is 4.18. The smallest absolute Gasteiger partial charge is 0.243 e. The first-order chi connectivity index (χ1) is 18.8. The molecule has 0 spiro atoms. The maximum atomic E-state index is 13.9. The average Bonchev–Trinajstić information content (AvgIpc) is 3.35. The van der Waals surface area contributed by atoms with Crippen molar-refractivity contribution >= 4 is 16.0 Å². The molecule has 5 rings (SSSR count). The number of benzene rings is 1. The summed E-state index contributed by atoms with van der Waals surface area (Å²) in [5, 5.41) is 7.64. The molecule has 1 aromatic carbocycles. The Bertz CT molecular complexity index is 1550. The van der Waals surface area contributed by atoms with E-state index in [1.165, 1.54) is 14.2 Å². The van der Waals surface area contributed by atoms with Crippen molar-refractivity contribution in [2.24, 2.45) is 0 Å². The highest BCUT2D eigenvalue weighted by Crippen LogP contribution is 2.39. The fourth-order valence-corrected chi connectivity index (χ4v) is 6.08. The first-order valence-corrected chi connectivity index (χ1v) is 13.9. The summed E-state index contributed by atoms with van der Waals surface area (Å²) in [5.41, 5.74) is 2.83. The van der Waals surface area contributed by atoms with Crippen LogP contribution >= 0.6 is 0 Å². The van der Waals surface area contributed by atoms with Crippen molar-refractivity contribution in [2.45, 2.75) is 38.0 Å². The predicted octanol–water partition coefficient (Wildman–Crippen LogP) is 3.42. The van der Waals surface area contributed by atoms with Crippen LogP contribution in [0.2, 0.25) is 0 Å². The molecule has 0 amide bonds. The molecule has 13 heteroatoms. The summed E-state index contributed by atoms with van der Waals surface area (Å²) in [6.07, 6.45) is 6.73. The topological polar surface area (TPSA) is 143 Å². The van der Waals surface area contributed by atoms with Crippen molar-refractivity contribution < 1.29 is 22.6 Å². The van der Waals surface area contributed by atoms with E-state index in [1.807, 2.05) is 19.9 Å². The number of sulfonamides is 1. The molecule has 1 fully saturated rings. The van der Waals surface area contributed by atoms with Gasteiger partial charge in [-0.2, -0.15) is 0 Å². The van der Waals surface area contributed by atoms with Gasteiger partial charge in [0.15, 0.2) is 11.6 Å². The van der Waals surface area contributed by atoms with Crippen LogP contribution in [-0.2, 0) is 14.8 Å². The summed E-state index contributed by atoms with van der Waals surface area (Å²) < 4.78 is 49.2. The second-order valence-corrected chi connectivity index (χ2v) is 11.1. The van der Waals surface area contributed by atoms with Gasteiger partial charge in [0.05, 0.1) is 14.2 Å². The van der Waals surface area contributed by atoms with Gasteiger partial charge in [0, 0.05) is 37.0 Å². The van der Waals surface area contributed by atoms with E-state index in [0.29, 0.717) is 53.8 Å². The zero-order valence-electron chi connectivity index (χ0n) is 22.0. The molecule has 39 heavy (non-hydrogen) atoms. The molecule has 204 valence electrons. The maximum Gasteiger partial charge on any atom is 0.243 e. The molecule has 4 aromatic rings. The quantitative estimate of drug-likeness (QED) is 0.346. The average molecular weight is 552 g/mol. The van der Waals surface area contributed by atoms with Gasteiger partial charge < -0.3 is 14.2 Å². The number of ether oxygens (including phenoxy) is 3. The molecule has 0 aliphatic carbocycles. The highest BCUT2D eigenvalue weighted by Gasteiger charge is 2.40. The normalized spacial score (nSPS) is 17.5. The van der Waals surface area contributed by atoms with Crippen LogP contribution in [0.15, 0.2) is 49.1 Å². The molecule has 1 aliphatic rings. The molecule has 2 unspecified atom stereocenters. The molecule has 12 nitrogen and oxygen atoms in total. The van der Waals surface area contributed by atoms with E-state index in [1.54, 1.807) is 47.6 Å². The van der Waals surface area contributed by atoms with E-state index < -0.39 is 21.4 Å². The zero-order chi connectivity index (χ0) is 27.6. The number of para-hydroxylation sites is 1. The lowest BCUT2D eigenvalue weighted by Gasteiger charge is -2.30. The number of nitrogens with zero attached hydrogens (tertiary/aromatic N) is 6. The Labute approximate surface area is 226 Å². The highest BCUT2D eigenvalue weighted by molar-refractivity contribution is 7.93. The summed E-state index contributed by atoms with van der Waals surface area (Å²) >= 11 is 0. The molecule has 1 saturated heterocycles. The Morgan fingerprint density at radius 1 is 1.00 bits per heavy atom. The highest BCUT2D eigenvalue weighted by atomic mass is 32.2.